The zero-order chi connectivity index (χ0) is 14.0. The van der Waals surface area contributed by atoms with E-state index < -0.39 is 11.8 Å². The molecule has 0 fully saturated rings. The van der Waals surface area contributed by atoms with Gasteiger partial charge in [0.05, 0.1) is 0 Å². The van der Waals surface area contributed by atoms with Crippen molar-refractivity contribution in [3.05, 3.63) is 47.0 Å². The van der Waals surface area contributed by atoms with Gasteiger partial charge in [0, 0.05) is 17.5 Å². The molecular formula is C13H11FN2O3. The van der Waals surface area contributed by atoms with E-state index in [4.69, 9.17) is 9.84 Å². The quantitative estimate of drug-likeness (QED) is 0.920. The number of nitrogens with zero attached hydrogens (tertiary/aromatic N) is 2. The molecule has 98 valence electrons. The Bertz CT molecular complexity index is 624. The lowest BCUT2D eigenvalue weighted by Gasteiger charge is -2.08. The van der Waals surface area contributed by atoms with Gasteiger partial charge in [-0.05, 0) is 32.0 Å². The van der Waals surface area contributed by atoms with E-state index in [-0.39, 0.29) is 17.3 Å². The van der Waals surface area contributed by atoms with Gasteiger partial charge < -0.3 is 9.84 Å². The number of hydrogen-bond donors (Lipinski definition) is 1. The highest BCUT2D eigenvalue weighted by molar-refractivity contribution is 5.90. The minimum absolute atomic E-state index is 0.00870. The summed E-state index contributed by atoms with van der Waals surface area (Å²) >= 11 is 0. The highest BCUT2D eigenvalue weighted by Crippen LogP contribution is 2.24. The summed E-state index contributed by atoms with van der Waals surface area (Å²) in [5, 5.41) is 9.00. The Balaban J connectivity index is 2.42. The number of ether oxygens (including phenoxy) is 1. The lowest BCUT2D eigenvalue weighted by Crippen LogP contribution is -2.03. The molecule has 2 rings (SSSR count). The largest absolute Gasteiger partial charge is 0.478 e. The smallest absolute Gasteiger partial charge is 0.339 e. The average Bonchev–Trinajstić information content (AvgIpc) is 2.26. The number of aromatic nitrogens is 2. The molecule has 0 unspecified atom stereocenters. The minimum atomic E-state index is -1.21. The molecule has 2 aromatic rings. The molecule has 1 N–H and O–H groups in total. The van der Waals surface area contributed by atoms with Crippen LogP contribution in [0.2, 0.25) is 0 Å². The maximum absolute atomic E-state index is 13.2. The van der Waals surface area contributed by atoms with Crippen molar-refractivity contribution in [3.8, 4) is 11.8 Å². The van der Waals surface area contributed by atoms with Crippen molar-refractivity contribution in [1.29, 1.82) is 0 Å². The van der Waals surface area contributed by atoms with Gasteiger partial charge in [0.25, 0.3) is 0 Å². The second kappa shape index (κ2) is 5.01. The van der Waals surface area contributed by atoms with Crippen LogP contribution in [0.25, 0.3) is 0 Å². The van der Waals surface area contributed by atoms with Crippen LogP contribution in [-0.2, 0) is 0 Å². The molecule has 0 bridgehead atoms. The van der Waals surface area contributed by atoms with Gasteiger partial charge in [0.15, 0.2) is 0 Å². The lowest BCUT2D eigenvalue weighted by atomic mass is 10.2. The normalized spacial score (nSPS) is 10.3. The van der Waals surface area contributed by atoms with E-state index in [1.807, 2.05) is 0 Å². The van der Waals surface area contributed by atoms with Crippen molar-refractivity contribution in [2.45, 2.75) is 13.8 Å². The summed E-state index contributed by atoms with van der Waals surface area (Å²) in [5.74, 6) is -1.93. The first-order valence-corrected chi connectivity index (χ1v) is 5.48. The molecular weight excluding hydrogens is 251 g/mol. The monoisotopic (exact) mass is 262 g/mol. The van der Waals surface area contributed by atoms with Crippen LogP contribution in [0.1, 0.15) is 21.7 Å². The van der Waals surface area contributed by atoms with Crippen molar-refractivity contribution >= 4 is 5.97 Å². The first-order chi connectivity index (χ1) is 8.95. The molecule has 0 radical (unpaired) electrons. The molecule has 19 heavy (non-hydrogen) atoms. The van der Waals surface area contributed by atoms with E-state index in [1.165, 1.54) is 0 Å². The summed E-state index contributed by atoms with van der Waals surface area (Å²) in [5.41, 5.74) is 1.20. The molecule has 0 spiro atoms. The second-order valence-electron chi connectivity index (χ2n) is 3.98. The summed E-state index contributed by atoms with van der Waals surface area (Å²) in [6, 6.07) is 4.92. The number of halogens is 1. The van der Waals surface area contributed by atoms with E-state index in [0.717, 1.165) is 18.2 Å². The molecule has 1 heterocycles. The van der Waals surface area contributed by atoms with Crippen LogP contribution in [-0.4, -0.2) is 21.0 Å². The van der Waals surface area contributed by atoms with E-state index in [0.29, 0.717) is 11.4 Å². The van der Waals surface area contributed by atoms with Gasteiger partial charge in [0.2, 0.25) is 0 Å². The Morgan fingerprint density at radius 1 is 1.21 bits per heavy atom. The van der Waals surface area contributed by atoms with E-state index >= 15 is 0 Å². The van der Waals surface area contributed by atoms with Crippen LogP contribution in [0.3, 0.4) is 0 Å². The first kappa shape index (κ1) is 12.9. The second-order valence-corrected chi connectivity index (χ2v) is 3.98. The SMILES string of the molecule is Cc1cc(C)nc(Oc2cc(F)ccc2C(=O)O)n1. The molecule has 0 saturated carbocycles. The predicted octanol–water partition coefficient (Wildman–Crippen LogP) is 2.72. The zero-order valence-electron chi connectivity index (χ0n) is 10.3. The number of aryl methyl sites for hydroxylation is 2. The number of aromatic carboxylic acids is 1. The van der Waals surface area contributed by atoms with Gasteiger partial charge >= 0.3 is 12.0 Å². The summed E-state index contributed by atoms with van der Waals surface area (Å²) in [7, 11) is 0. The Kier molecular flexibility index (Phi) is 3.41. The minimum Gasteiger partial charge on any atom is -0.478 e. The van der Waals surface area contributed by atoms with Gasteiger partial charge in [-0.3, -0.25) is 0 Å². The van der Waals surface area contributed by atoms with Gasteiger partial charge in [0.1, 0.15) is 17.1 Å². The Morgan fingerprint density at radius 3 is 2.42 bits per heavy atom. The first-order valence-electron chi connectivity index (χ1n) is 5.48. The third kappa shape index (κ3) is 3.04. The number of rotatable bonds is 3. The van der Waals surface area contributed by atoms with Crippen LogP contribution in [0.5, 0.6) is 11.8 Å². The summed E-state index contributed by atoms with van der Waals surface area (Å²) < 4.78 is 18.4. The maximum Gasteiger partial charge on any atom is 0.339 e. The van der Waals surface area contributed by atoms with Crippen LogP contribution >= 0.6 is 0 Å². The number of carbonyl (C=O) groups is 1. The molecule has 0 amide bonds. The Hall–Kier alpha value is -2.50. The molecule has 0 aliphatic carbocycles. The van der Waals surface area contributed by atoms with Gasteiger partial charge in [-0.2, -0.15) is 0 Å². The van der Waals surface area contributed by atoms with Crippen molar-refractivity contribution < 1.29 is 19.0 Å². The average molecular weight is 262 g/mol. The summed E-state index contributed by atoms with van der Waals surface area (Å²) in [4.78, 5) is 19.0. The van der Waals surface area contributed by atoms with Gasteiger partial charge in [-0.1, -0.05) is 0 Å². The van der Waals surface area contributed by atoms with Gasteiger partial charge in [-0.15, -0.1) is 0 Å². The lowest BCUT2D eigenvalue weighted by molar-refractivity contribution is 0.0694. The topological polar surface area (TPSA) is 72.3 Å². The van der Waals surface area contributed by atoms with E-state index in [1.54, 1.807) is 19.9 Å². The summed E-state index contributed by atoms with van der Waals surface area (Å²) in [6.07, 6.45) is 0. The van der Waals surface area contributed by atoms with Crippen LogP contribution in [0.4, 0.5) is 4.39 Å². The van der Waals surface area contributed by atoms with Crippen molar-refractivity contribution in [1.82, 2.24) is 9.97 Å². The van der Waals surface area contributed by atoms with Gasteiger partial charge in [-0.25, -0.2) is 19.2 Å². The fraction of sp³-hybridized carbons (Fsp3) is 0.154. The van der Waals surface area contributed by atoms with E-state index in [2.05, 4.69) is 9.97 Å². The predicted molar refractivity (Wildman–Crippen MR) is 64.9 cm³/mol. The summed E-state index contributed by atoms with van der Waals surface area (Å²) in [6.45, 7) is 3.51. The van der Waals surface area contributed by atoms with Crippen LogP contribution in [0.15, 0.2) is 24.3 Å². The van der Waals surface area contributed by atoms with E-state index in [9.17, 15) is 9.18 Å². The van der Waals surface area contributed by atoms with Crippen molar-refractivity contribution in [2.24, 2.45) is 0 Å². The molecule has 0 saturated heterocycles. The van der Waals surface area contributed by atoms with Crippen LogP contribution in [0, 0.1) is 19.7 Å². The number of benzene rings is 1. The Labute approximate surface area is 108 Å². The molecule has 0 aliphatic rings. The molecule has 0 aliphatic heterocycles. The molecule has 5 nitrogen and oxygen atoms in total. The molecule has 1 aromatic heterocycles. The number of hydrogen-bond acceptors (Lipinski definition) is 4. The highest BCUT2D eigenvalue weighted by Gasteiger charge is 2.14. The molecule has 6 heteroatoms. The zero-order valence-corrected chi connectivity index (χ0v) is 10.3. The molecule has 1 aromatic carbocycles. The fourth-order valence-corrected chi connectivity index (χ4v) is 1.59. The maximum atomic E-state index is 13.2. The number of carboxylic acid groups (broad SMARTS) is 1. The van der Waals surface area contributed by atoms with Crippen LogP contribution < -0.4 is 4.74 Å². The number of carboxylic acids is 1. The third-order valence-corrected chi connectivity index (χ3v) is 2.34. The highest BCUT2D eigenvalue weighted by atomic mass is 19.1. The van der Waals surface area contributed by atoms with Crippen molar-refractivity contribution in [3.63, 3.8) is 0 Å². The van der Waals surface area contributed by atoms with Crippen molar-refractivity contribution in [2.75, 3.05) is 0 Å². The fourth-order valence-electron chi connectivity index (χ4n) is 1.59. The third-order valence-electron chi connectivity index (χ3n) is 2.34. The Morgan fingerprint density at radius 2 is 1.84 bits per heavy atom. The standard InChI is InChI=1S/C13H11FN2O3/c1-7-5-8(2)16-13(15-7)19-11-6-9(14)3-4-10(11)12(17)18/h3-6H,1-2H3,(H,17,18). The molecule has 0 atom stereocenters.